The number of furan rings is 1. The summed E-state index contributed by atoms with van der Waals surface area (Å²) in [5.41, 5.74) is 1.48. The first-order valence-corrected chi connectivity index (χ1v) is 10.8. The molecule has 3 aromatic heterocycles. The third kappa shape index (κ3) is 3.78. The maximum Gasteiger partial charge on any atom is 0.267 e. The van der Waals surface area contributed by atoms with Gasteiger partial charge in [0.05, 0.1) is 23.3 Å². The summed E-state index contributed by atoms with van der Waals surface area (Å²) in [5.74, 6) is 0.922. The minimum Gasteiger partial charge on any atom is -0.467 e. The van der Waals surface area contributed by atoms with Crippen molar-refractivity contribution in [3.05, 3.63) is 68.9 Å². The normalized spacial score (nSPS) is 15.5. The maximum absolute atomic E-state index is 13.3. The van der Waals surface area contributed by atoms with Crippen molar-refractivity contribution in [2.75, 3.05) is 11.9 Å². The first-order valence-electron chi connectivity index (χ1n) is 9.53. The fraction of sp³-hybridized carbons (Fsp3) is 0.238. The predicted molar refractivity (Wildman–Crippen MR) is 122 cm³/mol. The molecule has 4 rings (SSSR count). The maximum atomic E-state index is 13.3. The molecule has 1 N–H and O–H groups in total. The number of nitrogens with one attached hydrogen (secondary N) is 1. The molecule has 0 unspecified atom stereocenters. The summed E-state index contributed by atoms with van der Waals surface area (Å²) in [6.07, 6.45) is 5.65. The molecule has 1 aliphatic rings. The number of thiocarbonyl (C=S) groups is 1. The van der Waals surface area contributed by atoms with Crippen molar-refractivity contribution in [1.82, 2.24) is 14.3 Å². The van der Waals surface area contributed by atoms with E-state index >= 15 is 0 Å². The minimum atomic E-state index is -0.258. The highest BCUT2D eigenvalue weighted by molar-refractivity contribution is 8.26. The Bertz CT molecular complexity index is 1210. The fourth-order valence-electron chi connectivity index (χ4n) is 3.21. The number of aryl methyl sites for hydroxylation is 1. The Balaban J connectivity index is 1.82. The second-order valence-corrected chi connectivity index (χ2v) is 8.51. The number of pyridine rings is 1. The molecule has 1 amide bonds. The van der Waals surface area contributed by atoms with Crippen LogP contribution in [-0.4, -0.2) is 31.1 Å². The number of nitrogens with zero attached hydrogens (tertiary/aromatic N) is 3. The number of hydrogen-bond donors (Lipinski definition) is 1. The van der Waals surface area contributed by atoms with Gasteiger partial charge in [-0.15, -0.1) is 0 Å². The number of aromatic nitrogens is 2. The monoisotopic (exact) mass is 440 g/mol. The molecule has 0 aliphatic carbocycles. The van der Waals surface area contributed by atoms with Gasteiger partial charge in [0.2, 0.25) is 0 Å². The molecule has 154 valence electrons. The standard InChI is InChI=1S/C21H20N4O3S2/c1-3-8-25-20(27)16(30-21(25)29)11-15-17(22-12-14-7-5-10-28-14)23-18-13(2)6-4-9-24(18)19(15)26/h4-7,9-11,22H,3,8,12H2,1-2H3/b16-11-. The smallest absolute Gasteiger partial charge is 0.267 e. The fourth-order valence-corrected chi connectivity index (χ4v) is 4.50. The predicted octanol–water partition coefficient (Wildman–Crippen LogP) is 3.82. The highest BCUT2D eigenvalue weighted by Gasteiger charge is 2.32. The van der Waals surface area contributed by atoms with E-state index in [0.717, 1.165) is 12.0 Å². The van der Waals surface area contributed by atoms with Gasteiger partial charge in [0.25, 0.3) is 11.5 Å². The quantitative estimate of drug-likeness (QED) is 0.461. The second kappa shape index (κ2) is 8.45. The van der Waals surface area contributed by atoms with Crippen molar-refractivity contribution in [3.63, 3.8) is 0 Å². The van der Waals surface area contributed by atoms with E-state index in [-0.39, 0.29) is 11.5 Å². The highest BCUT2D eigenvalue weighted by Crippen LogP contribution is 2.33. The van der Waals surface area contributed by atoms with Crippen LogP contribution in [0.15, 0.2) is 50.8 Å². The van der Waals surface area contributed by atoms with Crippen molar-refractivity contribution in [2.45, 2.75) is 26.8 Å². The summed E-state index contributed by atoms with van der Waals surface area (Å²) >= 11 is 6.55. The topological polar surface area (TPSA) is 79.8 Å². The van der Waals surface area contributed by atoms with Crippen molar-refractivity contribution < 1.29 is 9.21 Å². The van der Waals surface area contributed by atoms with E-state index in [1.54, 1.807) is 35.6 Å². The van der Waals surface area contributed by atoms with Gasteiger partial charge in [-0.3, -0.25) is 18.9 Å². The Labute approximate surface area is 182 Å². The van der Waals surface area contributed by atoms with Gasteiger partial charge in [-0.25, -0.2) is 4.98 Å². The number of carbonyl (C=O) groups excluding carboxylic acids is 1. The Morgan fingerprint density at radius 3 is 2.87 bits per heavy atom. The molecule has 1 fully saturated rings. The van der Waals surface area contributed by atoms with Crippen molar-refractivity contribution in [1.29, 1.82) is 0 Å². The van der Waals surface area contributed by atoms with E-state index in [0.29, 0.717) is 45.1 Å². The first kappa shape index (κ1) is 20.4. The Kier molecular flexibility index (Phi) is 5.74. The molecule has 0 bridgehead atoms. The largest absolute Gasteiger partial charge is 0.467 e. The number of rotatable bonds is 6. The number of anilines is 1. The average Bonchev–Trinajstić information content (AvgIpc) is 3.34. The molecule has 0 spiro atoms. The summed E-state index contributed by atoms with van der Waals surface area (Å²) < 4.78 is 7.37. The van der Waals surface area contributed by atoms with Crippen LogP contribution in [0, 0.1) is 6.92 Å². The molecular formula is C21H20N4O3S2. The lowest BCUT2D eigenvalue weighted by Crippen LogP contribution is -2.28. The van der Waals surface area contributed by atoms with Crippen LogP contribution in [-0.2, 0) is 11.3 Å². The van der Waals surface area contributed by atoms with Crippen LogP contribution in [0.1, 0.15) is 30.2 Å². The van der Waals surface area contributed by atoms with Crippen molar-refractivity contribution in [3.8, 4) is 0 Å². The average molecular weight is 441 g/mol. The van der Waals surface area contributed by atoms with Gasteiger partial charge in [0, 0.05) is 12.7 Å². The van der Waals surface area contributed by atoms with Crippen LogP contribution >= 0.6 is 24.0 Å². The lowest BCUT2D eigenvalue weighted by Gasteiger charge is -2.12. The summed E-state index contributed by atoms with van der Waals surface area (Å²) in [6.45, 7) is 4.80. The lowest BCUT2D eigenvalue weighted by molar-refractivity contribution is -0.122. The van der Waals surface area contributed by atoms with E-state index in [1.807, 2.05) is 26.0 Å². The molecular weight excluding hydrogens is 420 g/mol. The molecule has 3 aromatic rings. The number of carbonyl (C=O) groups is 1. The van der Waals surface area contributed by atoms with Gasteiger partial charge < -0.3 is 9.73 Å². The third-order valence-electron chi connectivity index (χ3n) is 4.69. The van der Waals surface area contributed by atoms with Gasteiger partial charge in [0.1, 0.15) is 21.5 Å². The zero-order valence-corrected chi connectivity index (χ0v) is 18.2. The summed E-state index contributed by atoms with van der Waals surface area (Å²) in [6, 6.07) is 7.32. The number of hydrogen-bond acceptors (Lipinski definition) is 7. The molecule has 7 nitrogen and oxygen atoms in total. The summed E-state index contributed by atoms with van der Waals surface area (Å²) in [5, 5.41) is 3.18. The van der Waals surface area contributed by atoms with Crippen LogP contribution < -0.4 is 10.9 Å². The van der Waals surface area contributed by atoms with E-state index < -0.39 is 0 Å². The number of thioether (sulfide) groups is 1. The van der Waals surface area contributed by atoms with Gasteiger partial charge in [-0.1, -0.05) is 37.0 Å². The number of amides is 1. The van der Waals surface area contributed by atoms with Crippen LogP contribution in [0.2, 0.25) is 0 Å². The van der Waals surface area contributed by atoms with Crippen LogP contribution in [0.25, 0.3) is 11.7 Å². The van der Waals surface area contributed by atoms with Gasteiger partial charge in [0.15, 0.2) is 0 Å². The summed E-state index contributed by atoms with van der Waals surface area (Å²) in [7, 11) is 0. The molecule has 4 heterocycles. The lowest BCUT2D eigenvalue weighted by atomic mass is 10.2. The first-order chi connectivity index (χ1) is 14.5. The molecule has 0 aromatic carbocycles. The van der Waals surface area contributed by atoms with Crippen LogP contribution in [0.5, 0.6) is 0 Å². The summed E-state index contributed by atoms with van der Waals surface area (Å²) in [4.78, 5) is 32.7. The Morgan fingerprint density at radius 2 is 2.13 bits per heavy atom. The highest BCUT2D eigenvalue weighted by atomic mass is 32.2. The molecule has 0 radical (unpaired) electrons. The minimum absolute atomic E-state index is 0.183. The zero-order valence-electron chi connectivity index (χ0n) is 16.5. The van der Waals surface area contributed by atoms with E-state index in [4.69, 9.17) is 16.6 Å². The Hall–Kier alpha value is -2.91. The zero-order chi connectivity index (χ0) is 21.3. The second-order valence-electron chi connectivity index (χ2n) is 6.83. The van der Waals surface area contributed by atoms with Gasteiger partial charge in [-0.05, 0) is 43.2 Å². The third-order valence-corrected chi connectivity index (χ3v) is 6.07. The molecule has 0 atom stereocenters. The SMILES string of the molecule is CCCN1C(=O)/C(=C/c2c(NCc3ccco3)nc3c(C)cccn3c2=O)SC1=S. The molecule has 30 heavy (non-hydrogen) atoms. The van der Waals surface area contributed by atoms with E-state index in [1.165, 1.54) is 16.2 Å². The van der Waals surface area contributed by atoms with Crippen molar-refractivity contribution in [2.24, 2.45) is 0 Å². The molecule has 1 aliphatic heterocycles. The number of fused-ring (bicyclic) bond motifs is 1. The molecule has 1 saturated heterocycles. The van der Waals surface area contributed by atoms with Crippen LogP contribution in [0.3, 0.4) is 0 Å². The van der Waals surface area contributed by atoms with E-state index in [9.17, 15) is 9.59 Å². The van der Waals surface area contributed by atoms with E-state index in [2.05, 4.69) is 10.3 Å². The van der Waals surface area contributed by atoms with Crippen molar-refractivity contribution >= 4 is 51.7 Å². The molecule has 0 saturated carbocycles. The Morgan fingerprint density at radius 1 is 1.30 bits per heavy atom. The van der Waals surface area contributed by atoms with Crippen LogP contribution in [0.4, 0.5) is 5.82 Å². The van der Waals surface area contributed by atoms with Gasteiger partial charge in [-0.2, -0.15) is 0 Å². The molecule has 9 heteroatoms. The van der Waals surface area contributed by atoms with Gasteiger partial charge >= 0.3 is 0 Å².